The van der Waals surface area contributed by atoms with Crippen molar-refractivity contribution < 1.29 is 14.3 Å². The summed E-state index contributed by atoms with van der Waals surface area (Å²) in [5, 5.41) is 0. The first kappa shape index (κ1) is 13.1. The molecule has 0 spiro atoms. The van der Waals surface area contributed by atoms with Crippen LogP contribution in [0.5, 0.6) is 0 Å². The molecule has 0 aromatic heterocycles. The van der Waals surface area contributed by atoms with Crippen LogP contribution in [0.1, 0.15) is 12.5 Å². The lowest BCUT2D eigenvalue weighted by molar-refractivity contribution is -0.166. The molecule has 18 heavy (non-hydrogen) atoms. The van der Waals surface area contributed by atoms with Gasteiger partial charge in [-0.05, 0) is 12.5 Å². The zero-order chi connectivity index (χ0) is 13.0. The van der Waals surface area contributed by atoms with E-state index in [9.17, 15) is 4.79 Å². The second-order valence-electron chi connectivity index (χ2n) is 4.64. The first-order valence-electron chi connectivity index (χ1n) is 6.18. The molecule has 1 aliphatic rings. The quantitative estimate of drug-likeness (QED) is 0.760. The van der Waals surface area contributed by atoms with Crippen LogP contribution in [0.4, 0.5) is 0 Å². The van der Waals surface area contributed by atoms with Gasteiger partial charge in [-0.1, -0.05) is 30.3 Å². The molecule has 1 aliphatic heterocycles. The highest BCUT2D eigenvalue weighted by Crippen LogP contribution is 2.15. The maximum absolute atomic E-state index is 11.5. The predicted molar refractivity (Wildman–Crippen MR) is 68.1 cm³/mol. The standard InChI is InChI=1S/C14H19NO3/c1-11-8-15(9-12-6-4-3-5-7-12)10-13(18-11)14(16)17-2/h3-7,11,13H,8-10H2,1-2H3/t11?,13-/m1/s1. The van der Waals surface area contributed by atoms with E-state index in [1.54, 1.807) is 0 Å². The van der Waals surface area contributed by atoms with Gasteiger partial charge >= 0.3 is 5.97 Å². The lowest BCUT2D eigenvalue weighted by atomic mass is 10.1. The summed E-state index contributed by atoms with van der Waals surface area (Å²) >= 11 is 0. The molecule has 0 aliphatic carbocycles. The minimum Gasteiger partial charge on any atom is -0.467 e. The molecule has 1 fully saturated rings. The lowest BCUT2D eigenvalue weighted by Crippen LogP contribution is -2.49. The van der Waals surface area contributed by atoms with E-state index in [4.69, 9.17) is 9.47 Å². The molecule has 98 valence electrons. The summed E-state index contributed by atoms with van der Waals surface area (Å²) < 4.78 is 10.3. The Bertz CT molecular complexity index is 393. The van der Waals surface area contributed by atoms with Crippen LogP contribution in [0.25, 0.3) is 0 Å². The van der Waals surface area contributed by atoms with Crippen molar-refractivity contribution in [2.75, 3.05) is 20.2 Å². The number of hydrogen-bond donors (Lipinski definition) is 0. The van der Waals surface area contributed by atoms with E-state index in [0.717, 1.165) is 13.1 Å². The number of carbonyl (C=O) groups excluding carboxylic acids is 1. The third-order valence-electron chi connectivity index (χ3n) is 3.05. The number of methoxy groups -OCH3 is 1. The monoisotopic (exact) mass is 249 g/mol. The third kappa shape index (κ3) is 3.31. The Morgan fingerprint density at radius 2 is 2.11 bits per heavy atom. The topological polar surface area (TPSA) is 38.8 Å². The summed E-state index contributed by atoms with van der Waals surface area (Å²) in [6, 6.07) is 10.2. The van der Waals surface area contributed by atoms with Crippen LogP contribution in [-0.4, -0.2) is 43.3 Å². The van der Waals surface area contributed by atoms with Crippen molar-refractivity contribution in [2.45, 2.75) is 25.7 Å². The van der Waals surface area contributed by atoms with Gasteiger partial charge in [0.05, 0.1) is 13.2 Å². The van der Waals surface area contributed by atoms with Crippen molar-refractivity contribution >= 4 is 5.97 Å². The van der Waals surface area contributed by atoms with Gasteiger partial charge in [0.1, 0.15) is 0 Å². The molecule has 2 rings (SSSR count). The maximum atomic E-state index is 11.5. The van der Waals surface area contributed by atoms with E-state index in [2.05, 4.69) is 17.0 Å². The van der Waals surface area contributed by atoms with Gasteiger partial charge in [-0.15, -0.1) is 0 Å². The van der Waals surface area contributed by atoms with Crippen LogP contribution < -0.4 is 0 Å². The van der Waals surface area contributed by atoms with Crippen molar-refractivity contribution in [3.05, 3.63) is 35.9 Å². The van der Waals surface area contributed by atoms with E-state index < -0.39 is 6.10 Å². The van der Waals surface area contributed by atoms with Gasteiger partial charge in [0, 0.05) is 19.6 Å². The Balaban J connectivity index is 1.98. The van der Waals surface area contributed by atoms with E-state index in [1.807, 2.05) is 25.1 Å². The van der Waals surface area contributed by atoms with Crippen molar-refractivity contribution in [1.29, 1.82) is 0 Å². The largest absolute Gasteiger partial charge is 0.467 e. The maximum Gasteiger partial charge on any atom is 0.336 e. The van der Waals surface area contributed by atoms with E-state index in [0.29, 0.717) is 6.54 Å². The highest BCUT2D eigenvalue weighted by Gasteiger charge is 2.30. The summed E-state index contributed by atoms with van der Waals surface area (Å²) in [5.74, 6) is -0.292. The molecular weight excluding hydrogens is 230 g/mol. The summed E-state index contributed by atoms with van der Waals surface area (Å²) in [5.41, 5.74) is 1.25. The molecular formula is C14H19NO3. The lowest BCUT2D eigenvalue weighted by Gasteiger charge is -2.35. The smallest absolute Gasteiger partial charge is 0.336 e. The summed E-state index contributed by atoms with van der Waals surface area (Å²) in [6.45, 7) is 4.24. The molecule has 4 heteroatoms. The van der Waals surface area contributed by atoms with Gasteiger partial charge in [0.2, 0.25) is 0 Å². The normalized spacial score (nSPS) is 24.8. The van der Waals surface area contributed by atoms with Crippen LogP contribution >= 0.6 is 0 Å². The van der Waals surface area contributed by atoms with Gasteiger partial charge < -0.3 is 9.47 Å². The Morgan fingerprint density at radius 3 is 2.78 bits per heavy atom. The Hall–Kier alpha value is -1.39. The van der Waals surface area contributed by atoms with Crippen molar-refractivity contribution in [2.24, 2.45) is 0 Å². The molecule has 2 atom stereocenters. The second kappa shape index (κ2) is 5.98. The van der Waals surface area contributed by atoms with Gasteiger partial charge in [-0.25, -0.2) is 4.79 Å². The predicted octanol–water partition coefficient (Wildman–Crippen LogP) is 1.45. The molecule has 0 saturated carbocycles. The number of esters is 1. The number of carbonyl (C=O) groups is 1. The first-order chi connectivity index (χ1) is 8.69. The van der Waals surface area contributed by atoms with E-state index in [1.165, 1.54) is 12.7 Å². The third-order valence-corrected chi connectivity index (χ3v) is 3.05. The minimum absolute atomic E-state index is 0.0477. The van der Waals surface area contributed by atoms with Crippen LogP contribution in [0.2, 0.25) is 0 Å². The van der Waals surface area contributed by atoms with Crippen LogP contribution in [0.3, 0.4) is 0 Å². The fraction of sp³-hybridized carbons (Fsp3) is 0.500. The molecule has 0 amide bonds. The number of nitrogens with zero attached hydrogens (tertiary/aromatic N) is 1. The summed E-state index contributed by atoms with van der Waals surface area (Å²) in [6.07, 6.45) is -0.422. The molecule has 1 saturated heterocycles. The zero-order valence-corrected chi connectivity index (χ0v) is 10.8. The molecule has 1 aromatic rings. The van der Waals surface area contributed by atoms with Gasteiger partial charge in [0.15, 0.2) is 6.10 Å². The molecule has 0 radical (unpaired) electrons. The molecule has 4 nitrogen and oxygen atoms in total. The molecule has 1 unspecified atom stereocenters. The average Bonchev–Trinajstić information content (AvgIpc) is 2.38. The average molecular weight is 249 g/mol. The Labute approximate surface area is 107 Å². The first-order valence-corrected chi connectivity index (χ1v) is 6.18. The van der Waals surface area contributed by atoms with Gasteiger partial charge in [-0.3, -0.25) is 4.90 Å². The number of hydrogen-bond acceptors (Lipinski definition) is 4. The fourth-order valence-corrected chi connectivity index (χ4v) is 2.27. The zero-order valence-electron chi connectivity index (χ0n) is 10.8. The fourth-order valence-electron chi connectivity index (χ4n) is 2.27. The van der Waals surface area contributed by atoms with Crippen LogP contribution in [0, 0.1) is 0 Å². The second-order valence-corrected chi connectivity index (χ2v) is 4.64. The van der Waals surface area contributed by atoms with Gasteiger partial charge in [-0.2, -0.15) is 0 Å². The number of morpholine rings is 1. The summed E-state index contributed by atoms with van der Waals surface area (Å²) in [4.78, 5) is 13.8. The summed E-state index contributed by atoms with van der Waals surface area (Å²) in [7, 11) is 1.40. The van der Waals surface area contributed by atoms with E-state index >= 15 is 0 Å². The van der Waals surface area contributed by atoms with Crippen LogP contribution in [0.15, 0.2) is 30.3 Å². The van der Waals surface area contributed by atoms with Gasteiger partial charge in [0.25, 0.3) is 0 Å². The number of ether oxygens (including phenoxy) is 2. The number of benzene rings is 1. The SMILES string of the molecule is COC(=O)[C@H]1CN(Cc2ccccc2)CC(C)O1. The minimum atomic E-state index is -0.470. The van der Waals surface area contributed by atoms with Crippen LogP contribution in [-0.2, 0) is 20.8 Å². The number of rotatable bonds is 3. The Morgan fingerprint density at radius 1 is 1.39 bits per heavy atom. The van der Waals surface area contributed by atoms with Crippen molar-refractivity contribution in [3.8, 4) is 0 Å². The molecule has 1 heterocycles. The molecule has 1 aromatic carbocycles. The Kier molecular flexibility index (Phi) is 4.33. The highest BCUT2D eigenvalue weighted by molar-refractivity contribution is 5.74. The van der Waals surface area contributed by atoms with Crippen molar-refractivity contribution in [1.82, 2.24) is 4.90 Å². The van der Waals surface area contributed by atoms with Crippen molar-refractivity contribution in [3.63, 3.8) is 0 Å². The molecule has 0 N–H and O–H groups in total. The highest BCUT2D eigenvalue weighted by atomic mass is 16.6. The molecule has 0 bridgehead atoms. The van der Waals surface area contributed by atoms with E-state index in [-0.39, 0.29) is 12.1 Å².